The summed E-state index contributed by atoms with van der Waals surface area (Å²) < 4.78 is 42.8. The Bertz CT molecular complexity index is 890. The molecule has 294 valence electrons. The number of hydrogen-bond donors (Lipinski definition) is 2. The Kier molecular flexibility index (Phi) is 46.1. The van der Waals surface area contributed by atoms with Crippen LogP contribution in [-0.4, -0.2) is 111 Å². The van der Waals surface area contributed by atoms with Crippen LogP contribution in [0.1, 0.15) is 195 Å². The Morgan fingerprint density at radius 1 is 0.580 bits per heavy atom. The van der Waals surface area contributed by atoms with Crippen molar-refractivity contribution in [3.8, 4) is 0 Å². The van der Waals surface area contributed by atoms with Gasteiger partial charge in [0.1, 0.15) is 0 Å². The molecular formula is C38H77NaO9PbS. The van der Waals surface area contributed by atoms with E-state index in [-0.39, 0.29) is 81.9 Å². The molecule has 0 bridgehead atoms. The summed E-state index contributed by atoms with van der Waals surface area (Å²) in [6.45, 7) is 10.6. The monoisotopic (exact) mass is 940 g/mol. The number of ether oxygens (including phenoxy) is 2. The van der Waals surface area contributed by atoms with Crippen molar-refractivity contribution in [3.63, 3.8) is 0 Å². The van der Waals surface area contributed by atoms with Gasteiger partial charge in [0.25, 0.3) is 10.1 Å². The Morgan fingerprint density at radius 2 is 0.940 bits per heavy atom. The number of rotatable bonds is 32. The van der Waals surface area contributed by atoms with Crippen LogP contribution < -0.4 is 0 Å². The Balaban J connectivity index is -0.000000428. The first kappa shape index (κ1) is 57.0. The number of unbranched alkanes of at least 4 members (excludes halogenated alkanes) is 16. The number of carbonyl (C=O) groups is 3. The van der Waals surface area contributed by atoms with E-state index in [9.17, 15) is 27.4 Å². The van der Waals surface area contributed by atoms with Gasteiger partial charge < -0.3 is 14.6 Å². The second-order valence-corrected chi connectivity index (χ2v) is 15.0. The number of carboxylic acids is 1. The van der Waals surface area contributed by atoms with E-state index in [0.29, 0.717) is 6.42 Å². The van der Waals surface area contributed by atoms with E-state index in [4.69, 9.17) is 14.6 Å². The van der Waals surface area contributed by atoms with Gasteiger partial charge in [-0.15, -0.1) is 0 Å². The molecule has 0 fully saturated rings. The fraction of sp³-hybridized carbons (Fsp3) is 0.921. The fourth-order valence-electron chi connectivity index (χ4n) is 5.47. The van der Waals surface area contributed by atoms with E-state index < -0.39 is 39.7 Å². The molecule has 0 rings (SSSR count). The van der Waals surface area contributed by atoms with Crippen LogP contribution >= 0.6 is 0 Å². The van der Waals surface area contributed by atoms with Crippen LogP contribution in [0.25, 0.3) is 0 Å². The molecule has 0 aliphatic heterocycles. The molecule has 3 unspecified atom stereocenters. The van der Waals surface area contributed by atoms with Gasteiger partial charge in [-0.05, 0) is 31.1 Å². The maximum absolute atomic E-state index is 12.2. The summed E-state index contributed by atoms with van der Waals surface area (Å²) in [5, 5.41) is 6.57. The van der Waals surface area contributed by atoms with E-state index in [1.807, 2.05) is 13.8 Å². The zero-order chi connectivity index (χ0) is 36.5. The van der Waals surface area contributed by atoms with Crippen LogP contribution in [0.5, 0.6) is 0 Å². The van der Waals surface area contributed by atoms with Gasteiger partial charge in [-0.3, -0.25) is 18.9 Å². The third-order valence-electron chi connectivity index (χ3n) is 9.00. The molecule has 0 aromatic heterocycles. The Hall–Kier alpha value is 0.242. The second-order valence-electron chi connectivity index (χ2n) is 13.4. The predicted octanol–water partition coefficient (Wildman–Crippen LogP) is 8.92. The topological polar surface area (TPSA) is 144 Å². The minimum absolute atomic E-state index is 0. The average Bonchev–Trinajstić information content (AvgIpc) is 3.05. The van der Waals surface area contributed by atoms with Gasteiger partial charge in [-0.25, -0.2) is 0 Å². The fourth-order valence-corrected chi connectivity index (χ4v) is 6.13. The van der Waals surface area contributed by atoms with Crippen LogP contribution in [0, 0.1) is 11.8 Å². The van der Waals surface area contributed by atoms with Crippen LogP contribution in [0.3, 0.4) is 0 Å². The SMILES string of the molecule is CCCCC(CC)COC(=O)CC(C(=O)OCC(CC)CCCC)S(=O)(=O)O.CCCCCCCCCCCCCCCCCC(=O)O.[NaH].[PbH2]. The molecule has 0 aromatic rings. The zero-order valence-electron chi connectivity index (χ0n) is 32.2. The normalized spacial score (nSPS) is 12.7. The predicted molar refractivity (Wildman–Crippen MR) is 211 cm³/mol. The summed E-state index contributed by atoms with van der Waals surface area (Å²) in [5.74, 6) is -2.26. The van der Waals surface area contributed by atoms with Crippen molar-refractivity contribution in [2.24, 2.45) is 11.8 Å². The first-order chi connectivity index (χ1) is 23.0. The summed E-state index contributed by atoms with van der Waals surface area (Å²) >= 11 is 0. The van der Waals surface area contributed by atoms with Crippen LogP contribution in [-0.2, 0) is 34.0 Å². The maximum atomic E-state index is 12.2. The van der Waals surface area contributed by atoms with Crippen molar-refractivity contribution in [1.82, 2.24) is 0 Å². The van der Waals surface area contributed by atoms with E-state index >= 15 is 0 Å². The molecule has 3 atom stereocenters. The van der Waals surface area contributed by atoms with Crippen molar-refractivity contribution >= 4 is 84.9 Å². The van der Waals surface area contributed by atoms with Crippen LogP contribution in [0.2, 0.25) is 0 Å². The summed E-state index contributed by atoms with van der Waals surface area (Å²) in [5.41, 5.74) is 0. The summed E-state index contributed by atoms with van der Waals surface area (Å²) in [6, 6.07) is 0. The molecule has 0 aliphatic carbocycles. The minimum atomic E-state index is -4.76. The first-order valence-corrected chi connectivity index (χ1v) is 21.0. The molecule has 50 heavy (non-hydrogen) atoms. The Labute approximate surface area is 349 Å². The number of esters is 2. The molecule has 2 radical (unpaired) electrons. The van der Waals surface area contributed by atoms with Crippen molar-refractivity contribution in [1.29, 1.82) is 0 Å². The molecule has 0 heterocycles. The zero-order valence-corrected chi connectivity index (χ0v) is 38.5. The molecule has 0 aromatic carbocycles. The molecule has 2 N–H and O–H groups in total. The van der Waals surface area contributed by atoms with Gasteiger partial charge >= 0.3 is 74.8 Å². The number of carboxylic acid groups (broad SMARTS) is 1. The number of carbonyl (C=O) groups excluding carboxylic acids is 2. The van der Waals surface area contributed by atoms with E-state index in [1.54, 1.807) is 0 Å². The van der Waals surface area contributed by atoms with Gasteiger partial charge in [0.05, 0.1) is 19.6 Å². The van der Waals surface area contributed by atoms with Gasteiger partial charge in [-0.1, -0.05) is 163 Å². The van der Waals surface area contributed by atoms with Crippen molar-refractivity contribution < 1.29 is 41.9 Å². The van der Waals surface area contributed by atoms with E-state index in [2.05, 4.69) is 20.8 Å². The first-order valence-electron chi connectivity index (χ1n) is 19.5. The number of hydrogen-bond acceptors (Lipinski definition) is 7. The Morgan fingerprint density at radius 3 is 1.28 bits per heavy atom. The summed E-state index contributed by atoms with van der Waals surface area (Å²) in [4.78, 5) is 34.5. The van der Waals surface area contributed by atoms with E-state index in [1.165, 1.54) is 83.5 Å². The number of aliphatic carboxylic acids is 1. The quantitative estimate of drug-likeness (QED) is 0.0293. The third-order valence-corrected chi connectivity index (χ3v) is 10.1. The van der Waals surface area contributed by atoms with Crippen molar-refractivity contribution in [3.05, 3.63) is 0 Å². The summed E-state index contributed by atoms with van der Waals surface area (Å²) in [6.07, 6.45) is 26.9. The molecule has 0 spiro atoms. The summed E-state index contributed by atoms with van der Waals surface area (Å²) in [7, 11) is -4.76. The molecular weight excluding hydrogens is 863 g/mol. The third kappa shape index (κ3) is 38.0. The molecule has 0 aliphatic rings. The standard InChI is InChI=1S/C20H38O7S.C18H36O2.Na.Pb.3H/c1-5-9-11-16(7-3)14-26-19(21)13-18(28(23,24)25)20(22)27-15-17(8-4)12-10-6-2;1-2-3-4-5-6-7-8-9-10-11-12-13-14-15-16-17-18(19)20;;;;;/h16-18H,5-15H2,1-4H3,(H,23,24,25);2-17H2,1H3,(H,19,20);;;;;. The van der Waals surface area contributed by atoms with Gasteiger partial charge in [0.2, 0.25) is 0 Å². The molecule has 0 saturated heterocycles. The second kappa shape index (κ2) is 40.4. The van der Waals surface area contributed by atoms with Crippen LogP contribution in [0.15, 0.2) is 0 Å². The average molecular weight is 940 g/mol. The van der Waals surface area contributed by atoms with Crippen molar-refractivity contribution in [2.45, 2.75) is 200 Å². The molecule has 12 heteroatoms. The van der Waals surface area contributed by atoms with E-state index in [0.717, 1.165) is 64.2 Å². The molecule has 0 saturated carbocycles. The van der Waals surface area contributed by atoms with Gasteiger partial charge in [0, 0.05) is 6.42 Å². The van der Waals surface area contributed by atoms with Gasteiger partial charge in [-0.2, -0.15) is 8.42 Å². The van der Waals surface area contributed by atoms with Crippen LogP contribution in [0.4, 0.5) is 0 Å². The van der Waals surface area contributed by atoms with Crippen molar-refractivity contribution in [2.75, 3.05) is 13.2 Å². The molecule has 0 amide bonds. The molecule has 9 nitrogen and oxygen atoms in total. The van der Waals surface area contributed by atoms with Gasteiger partial charge in [0.15, 0.2) is 5.25 Å².